The molecule has 2 heterocycles. The largest absolute Gasteiger partial charge is 0.349 e. The molecule has 166 valence electrons. The van der Waals surface area contributed by atoms with Crippen LogP contribution in [0.15, 0.2) is 42.5 Å². The van der Waals surface area contributed by atoms with Gasteiger partial charge in [-0.15, -0.1) is 0 Å². The first kappa shape index (κ1) is 21.6. The molecule has 0 bridgehead atoms. The van der Waals surface area contributed by atoms with E-state index in [2.05, 4.69) is 10.6 Å². The van der Waals surface area contributed by atoms with E-state index in [-0.39, 0.29) is 43.3 Å². The molecule has 2 N–H and O–H groups in total. The lowest BCUT2D eigenvalue weighted by molar-refractivity contribution is -0.147. The third-order valence-electron chi connectivity index (χ3n) is 5.71. The molecule has 2 aromatic carbocycles. The van der Waals surface area contributed by atoms with E-state index in [1.54, 1.807) is 31.2 Å². The van der Waals surface area contributed by atoms with Crippen LogP contribution in [0, 0.1) is 6.92 Å². The molecule has 2 aromatic rings. The number of fused-ring (bicyclic) bond motifs is 1. The number of carbonyl (C=O) groups is 4. The number of alkyl halides is 2. The number of halogens is 2. The molecule has 4 amide bonds. The zero-order valence-corrected chi connectivity index (χ0v) is 17.3. The van der Waals surface area contributed by atoms with Gasteiger partial charge in [0.15, 0.2) is 0 Å². The van der Waals surface area contributed by atoms with Crippen molar-refractivity contribution in [2.75, 3.05) is 0 Å². The summed E-state index contributed by atoms with van der Waals surface area (Å²) in [6.07, 6.45) is 0.407. The maximum atomic E-state index is 14.5. The van der Waals surface area contributed by atoms with E-state index >= 15 is 0 Å². The Kier molecular flexibility index (Phi) is 5.50. The lowest BCUT2D eigenvalue weighted by atomic mass is 10.0. The van der Waals surface area contributed by atoms with Gasteiger partial charge in [0.1, 0.15) is 6.04 Å². The zero-order chi connectivity index (χ0) is 23.0. The maximum absolute atomic E-state index is 14.5. The van der Waals surface area contributed by atoms with Crippen molar-refractivity contribution in [1.82, 2.24) is 15.5 Å². The third-order valence-corrected chi connectivity index (χ3v) is 5.71. The quantitative estimate of drug-likeness (QED) is 0.696. The molecule has 7 nitrogen and oxygen atoms in total. The number of piperidine rings is 1. The van der Waals surface area contributed by atoms with Gasteiger partial charge in [0.25, 0.3) is 11.8 Å². The number of benzene rings is 2. The van der Waals surface area contributed by atoms with Gasteiger partial charge in [-0.05, 0) is 36.6 Å². The van der Waals surface area contributed by atoms with E-state index in [0.29, 0.717) is 22.3 Å². The molecule has 2 aliphatic rings. The number of hydrogen-bond acceptors (Lipinski definition) is 4. The van der Waals surface area contributed by atoms with Gasteiger partial charge in [0.2, 0.25) is 11.8 Å². The number of carbonyl (C=O) groups excluding carboxylic acids is 4. The minimum Gasteiger partial charge on any atom is -0.346 e. The lowest BCUT2D eigenvalue weighted by Crippen LogP contribution is -2.52. The van der Waals surface area contributed by atoms with Crippen molar-refractivity contribution in [3.05, 3.63) is 70.3 Å². The molecule has 1 fully saturated rings. The van der Waals surface area contributed by atoms with Crippen LogP contribution >= 0.6 is 0 Å². The van der Waals surface area contributed by atoms with Crippen LogP contribution in [-0.2, 0) is 33.4 Å². The Balaban J connectivity index is 1.44. The maximum Gasteiger partial charge on any atom is 0.349 e. The second-order valence-electron chi connectivity index (χ2n) is 8.02. The highest BCUT2D eigenvalue weighted by molar-refractivity contribution is 6.05. The van der Waals surface area contributed by atoms with Crippen molar-refractivity contribution in [1.29, 1.82) is 0 Å². The third kappa shape index (κ3) is 3.98. The van der Waals surface area contributed by atoms with Gasteiger partial charge in [-0.25, -0.2) is 0 Å². The summed E-state index contributed by atoms with van der Waals surface area (Å²) in [6, 6.07) is 9.67. The predicted molar refractivity (Wildman–Crippen MR) is 109 cm³/mol. The summed E-state index contributed by atoms with van der Waals surface area (Å²) in [4.78, 5) is 49.8. The number of rotatable bonds is 5. The summed E-state index contributed by atoms with van der Waals surface area (Å²) in [5, 5.41) is 4.50. The first-order valence-electron chi connectivity index (χ1n) is 10.2. The van der Waals surface area contributed by atoms with Crippen molar-refractivity contribution < 1.29 is 28.0 Å². The average Bonchev–Trinajstić information content (AvgIpc) is 3.07. The van der Waals surface area contributed by atoms with Gasteiger partial charge < -0.3 is 10.2 Å². The first-order valence-corrected chi connectivity index (χ1v) is 10.2. The van der Waals surface area contributed by atoms with Gasteiger partial charge in [0, 0.05) is 30.6 Å². The summed E-state index contributed by atoms with van der Waals surface area (Å²) in [5.74, 6) is -6.29. The van der Waals surface area contributed by atoms with Gasteiger partial charge in [-0.3, -0.25) is 24.5 Å². The van der Waals surface area contributed by atoms with Crippen LogP contribution in [0.2, 0.25) is 0 Å². The summed E-state index contributed by atoms with van der Waals surface area (Å²) in [5.41, 5.74) is 1.84. The van der Waals surface area contributed by atoms with Gasteiger partial charge in [-0.2, -0.15) is 8.78 Å². The Morgan fingerprint density at radius 2 is 1.97 bits per heavy atom. The van der Waals surface area contributed by atoms with Crippen molar-refractivity contribution in [3.8, 4) is 0 Å². The van der Waals surface area contributed by atoms with Crippen LogP contribution in [0.1, 0.15) is 45.5 Å². The molecule has 0 radical (unpaired) electrons. The van der Waals surface area contributed by atoms with Crippen LogP contribution in [0.25, 0.3) is 0 Å². The number of nitrogens with one attached hydrogen (secondary N) is 2. The molecule has 0 spiro atoms. The highest BCUT2D eigenvalue weighted by Gasteiger charge is 2.41. The van der Waals surface area contributed by atoms with Crippen LogP contribution in [0.4, 0.5) is 8.78 Å². The van der Waals surface area contributed by atoms with Crippen LogP contribution in [0.3, 0.4) is 0 Å². The predicted octanol–water partition coefficient (Wildman–Crippen LogP) is 2.16. The van der Waals surface area contributed by atoms with Gasteiger partial charge in [-0.1, -0.05) is 35.9 Å². The minimum atomic E-state index is -3.68. The molecular formula is C23H21F2N3O4. The summed E-state index contributed by atoms with van der Waals surface area (Å²) >= 11 is 0. The number of aryl methyl sites for hydroxylation is 1. The lowest BCUT2D eigenvalue weighted by Gasteiger charge is -2.29. The van der Waals surface area contributed by atoms with E-state index in [9.17, 15) is 28.0 Å². The molecule has 4 rings (SSSR count). The van der Waals surface area contributed by atoms with Gasteiger partial charge >= 0.3 is 5.92 Å². The smallest absolute Gasteiger partial charge is 0.346 e. The number of nitrogens with zero attached hydrogens (tertiary/aromatic N) is 1. The zero-order valence-electron chi connectivity index (χ0n) is 17.3. The Labute approximate surface area is 182 Å². The molecule has 2 aliphatic heterocycles. The minimum absolute atomic E-state index is 0.139. The average molecular weight is 441 g/mol. The fourth-order valence-corrected chi connectivity index (χ4v) is 4.00. The molecule has 9 heteroatoms. The number of amides is 4. The molecule has 0 aliphatic carbocycles. The fraction of sp³-hybridized carbons (Fsp3) is 0.304. The highest BCUT2D eigenvalue weighted by atomic mass is 19.3. The highest BCUT2D eigenvalue weighted by Crippen LogP contribution is 2.30. The molecule has 0 aromatic heterocycles. The second-order valence-corrected chi connectivity index (χ2v) is 8.02. The van der Waals surface area contributed by atoms with E-state index in [4.69, 9.17) is 0 Å². The fourth-order valence-electron chi connectivity index (χ4n) is 4.00. The summed E-state index contributed by atoms with van der Waals surface area (Å²) in [6.45, 7) is 1.70. The Morgan fingerprint density at radius 3 is 2.69 bits per heavy atom. The Morgan fingerprint density at radius 1 is 1.19 bits per heavy atom. The molecule has 0 unspecified atom stereocenters. The Bertz CT molecular complexity index is 1130. The number of imide groups is 1. The normalized spacial score (nSPS) is 18.4. The number of hydrogen-bond donors (Lipinski definition) is 2. The van der Waals surface area contributed by atoms with Crippen molar-refractivity contribution in [3.63, 3.8) is 0 Å². The summed E-state index contributed by atoms with van der Waals surface area (Å²) < 4.78 is 29.0. The summed E-state index contributed by atoms with van der Waals surface area (Å²) in [7, 11) is 0. The molecular weight excluding hydrogens is 420 g/mol. The molecule has 0 saturated carbocycles. The first-order chi connectivity index (χ1) is 15.2. The van der Waals surface area contributed by atoms with Crippen LogP contribution in [-0.4, -0.2) is 34.6 Å². The van der Waals surface area contributed by atoms with Crippen LogP contribution < -0.4 is 10.6 Å². The SMILES string of the molecule is Cc1cccc(C(F)(F)C(=O)NCc2ccc3c(c2)CN([C@@H]2CCC(=O)NC2=O)C3=O)c1. The molecule has 32 heavy (non-hydrogen) atoms. The Hall–Kier alpha value is -3.62. The van der Waals surface area contributed by atoms with Crippen molar-refractivity contribution in [2.24, 2.45) is 0 Å². The second kappa shape index (κ2) is 8.14. The monoisotopic (exact) mass is 441 g/mol. The van der Waals surface area contributed by atoms with E-state index in [1.165, 1.54) is 23.1 Å². The van der Waals surface area contributed by atoms with E-state index in [1.807, 2.05) is 0 Å². The molecule has 1 saturated heterocycles. The van der Waals surface area contributed by atoms with E-state index < -0.39 is 23.8 Å². The van der Waals surface area contributed by atoms with Crippen molar-refractivity contribution in [2.45, 2.75) is 44.8 Å². The van der Waals surface area contributed by atoms with Crippen molar-refractivity contribution >= 4 is 23.6 Å². The van der Waals surface area contributed by atoms with Crippen LogP contribution in [0.5, 0.6) is 0 Å². The molecule has 1 atom stereocenters. The topological polar surface area (TPSA) is 95.6 Å². The standard InChI is InChI=1S/C23H21F2N3O4/c1-13-3-2-4-16(9-13)23(24,25)22(32)26-11-14-5-6-17-15(10-14)12-28(21(17)31)18-7-8-19(29)27-20(18)30/h2-6,9-10,18H,7-8,11-12H2,1H3,(H,26,32)(H,27,29,30)/t18-/m1/s1. The van der Waals surface area contributed by atoms with E-state index in [0.717, 1.165) is 0 Å². The van der Waals surface area contributed by atoms with Gasteiger partial charge in [0.05, 0.1) is 0 Å².